The molecule has 0 unspecified atom stereocenters. The van der Waals surface area contributed by atoms with Crippen molar-refractivity contribution in [3.05, 3.63) is 70.5 Å². The van der Waals surface area contributed by atoms with Gasteiger partial charge in [0.05, 0.1) is 11.0 Å². The zero-order valence-corrected chi connectivity index (χ0v) is 22.5. The van der Waals surface area contributed by atoms with Gasteiger partial charge < -0.3 is 25.3 Å². The van der Waals surface area contributed by atoms with Crippen LogP contribution in [0.3, 0.4) is 0 Å². The van der Waals surface area contributed by atoms with Crippen LogP contribution in [-0.2, 0) is 4.79 Å². The summed E-state index contributed by atoms with van der Waals surface area (Å²) in [4.78, 5) is 42.8. The Morgan fingerprint density at radius 1 is 1.05 bits per heavy atom. The smallest absolute Gasteiger partial charge is 0.475 e. The Morgan fingerprint density at radius 3 is 2.34 bits per heavy atom. The molecule has 2 aromatic heterocycles. The normalized spacial score (nSPS) is 15.6. The van der Waals surface area contributed by atoms with E-state index in [-0.39, 0.29) is 35.4 Å². The number of aliphatic carboxylic acids is 1. The number of benzene rings is 2. The first-order chi connectivity index (χ1) is 19.3. The molecule has 4 N–H and O–H groups in total. The zero-order chi connectivity index (χ0) is 29.9. The van der Waals surface area contributed by atoms with Gasteiger partial charge in [-0.1, -0.05) is 26.0 Å². The number of aromatic nitrogens is 3. The molecule has 0 radical (unpaired) electrons. The van der Waals surface area contributed by atoms with Gasteiger partial charge in [-0.25, -0.2) is 14.0 Å². The summed E-state index contributed by atoms with van der Waals surface area (Å²) in [6.07, 6.45) is -3.32. The second-order valence-electron chi connectivity index (χ2n) is 10.4. The van der Waals surface area contributed by atoms with Crippen molar-refractivity contribution in [2.75, 3.05) is 19.6 Å². The van der Waals surface area contributed by atoms with Gasteiger partial charge in [0.2, 0.25) is 0 Å². The predicted octanol–water partition coefficient (Wildman–Crippen LogP) is 4.67. The summed E-state index contributed by atoms with van der Waals surface area (Å²) in [7, 11) is 0. The monoisotopic (exact) mass is 577 g/mol. The molecule has 1 aliphatic rings. The number of imidazole rings is 1. The number of carbonyl (C=O) groups is 2. The maximum Gasteiger partial charge on any atom is 0.490 e. The Balaban J connectivity index is 0.000000493. The lowest BCUT2D eigenvalue weighted by molar-refractivity contribution is -0.192. The third kappa shape index (κ3) is 7.15. The zero-order valence-electron chi connectivity index (χ0n) is 22.5. The predicted molar refractivity (Wildman–Crippen MR) is 145 cm³/mol. The number of alkyl halides is 3. The van der Waals surface area contributed by atoms with Crippen molar-refractivity contribution in [2.45, 2.75) is 44.9 Å². The average molecular weight is 578 g/mol. The highest BCUT2D eigenvalue weighted by molar-refractivity contribution is 5.98. The number of hydrogen-bond donors (Lipinski definition) is 4. The van der Waals surface area contributed by atoms with Crippen LogP contribution in [0.15, 0.2) is 53.3 Å². The molecule has 1 saturated heterocycles. The molecule has 0 bridgehead atoms. The van der Waals surface area contributed by atoms with Gasteiger partial charge in [0.15, 0.2) is 0 Å². The van der Waals surface area contributed by atoms with Gasteiger partial charge in [0.25, 0.3) is 5.91 Å². The summed E-state index contributed by atoms with van der Waals surface area (Å²) in [5, 5.41) is 11.0. The Hall–Kier alpha value is -4.13. The number of para-hydroxylation sites is 2. The van der Waals surface area contributed by atoms with Crippen LogP contribution in [-0.4, -0.2) is 68.3 Å². The lowest BCUT2D eigenvalue weighted by Crippen LogP contribution is -2.49. The van der Waals surface area contributed by atoms with Crippen molar-refractivity contribution in [3.63, 3.8) is 0 Å². The van der Waals surface area contributed by atoms with Crippen molar-refractivity contribution in [3.8, 4) is 0 Å². The molecule has 2 aromatic carbocycles. The minimum Gasteiger partial charge on any atom is -0.475 e. The number of halogens is 4. The number of likely N-dealkylation sites (tertiary alicyclic amines) is 1. The molecule has 41 heavy (non-hydrogen) atoms. The first-order valence-electron chi connectivity index (χ1n) is 13.1. The van der Waals surface area contributed by atoms with E-state index in [1.165, 1.54) is 12.1 Å². The fraction of sp³-hybridized carbons (Fsp3) is 0.393. The number of H-pyrrole nitrogens is 2. The highest BCUT2D eigenvalue weighted by Crippen LogP contribution is 2.25. The Labute approximate surface area is 232 Å². The van der Waals surface area contributed by atoms with Crippen molar-refractivity contribution >= 4 is 33.8 Å². The largest absolute Gasteiger partial charge is 0.490 e. The van der Waals surface area contributed by atoms with Gasteiger partial charge in [-0.05, 0) is 55.2 Å². The fourth-order valence-electron chi connectivity index (χ4n) is 4.97. The molecule has 220 valence electrons. The summed E-state index contributed by atoms with van der Waals surface area (Å²) in [5.74, 6) is -3.01. The summed E-state index contributed by atoms with van der Waals surface area (Å²) < 4.78 is 47.1. The van der Waals surface area contributed by atoms with Crippen LogP contribution in [0.4, 0.5) is 17.6 Å². The van der Waals surface area contributed by atoms with E-state index in [4.69, 9.17) is 9.90 Å². The van der Waals surface area contributed by atoms with E-state index < -0.39 is 12.1 Å². The number of carboxylic acid groups (broad SMARTS) is 1. The maximum absolute atomic E-state index is 13.5. The molecule has 1 atom stereocenters. The first-order valence-corrected chi connectivity index (χ1v) is 13.1. The van der Waals surface area contributed by atoms with Gasteiger partial charge in [0, 0.05) is 42.6 Å². The van der Waals surface area contributed by atoms with Crippen molar-refractivity contribution < 1.29 is 32.3 Å². The number of rotatable bonds is 6. The fourth-order valence-corrected chi connectivity index (χ4v) is 4.97. The van der Waals surface area contributed by atoms with E-state index in [0.717, 1.165) is 49.0 Å². The summed E-state index contributed by atoms with van der Waals surface area (Å²) in [5.41, 5.74) is 2.95. The number of aromatic amines is 2. The van der Waals surface area contributed by atoms with Crippen LogP contribution >= 0.6 is 0 Å². The highest BCUT2D eigenvalue weighted by atomic mass is 19.4. The highest BCUT2D eigenvalue weighted by Gasteiger charge is 2.38. The number of amides is 1. The molecule has 1 amide bonds. The van der Waals surface area contributed by atoms with Crippen molar-refractivity contribution in [2.24, 2.45) is 5.92 Å². The van der Waals surface area contributed by atoms with Gasteiger partial charge in [-0.3, -0.25) is 9.36 Å². The lowest BCUT2D eigenvalue weighted by atomic mass is 10.00. The van der Waals surface area contributed by atoms with Crippen LogP contribution in [0.1, 0.15) is 43.2 Å². The Bertz CT molecular complexity index is 1580. The molecule has 9 nitrogen and oxygen atoms in total. The molecule has 1 aliphatic heterocycles. The minimum absolute atomic E-state index is 0.0250. The molecule has 5 rings (SSSR count). The number of piperidine rings is 1. The minimum atomic E-state index is -5.08. The Morgan fingerprint density at radius 2 is 1.71 bits per heavy atom. The molecule has 1 fully saturated rings. The maximum atomic E-state index is 13.5. The third-order valence-corrected chi connectivity index (χ3v) is 7.19. The van der Waals surface area contributed by atoms with Crippen molar-refractivity contribution in [1.29, 1.82) is 0 Å². The van der Waals surface area contributed by atoms with Gasteiger partial charge in [0.1, 0.15) is 11.5 Å². The number of hydrogen-bond acceptors (Lipinski definition) is 4. The number of nitrogens with one attached hydrogen (secondary N) is 3. The molecular weight excluding hydrogens is 546 g/mol. The molecule has 0 saturated carbocycles. The van der Waals surface area contributed by atoms with Gasteiger partial charge >= 0.3 is 17.8 Å². The summed E-state index contributed by atoms with van der Waals surface area (Å²) in [6.45, 7) is 6.67. The molecule has 0 spiro atoms. The second kappa shape index (κ2) is 12.2. The quantitative estimate of drug-likeness (QED) is 0.248. The van der Waals surface area contributed by atoms with E-state index in [1.807, 2.05) is 28.8 Å². The van der Waals surface area contributed by atoms with E-state index >= 15 is 0 Å². The van der Waals surface area contributed by atoms with Crippen LogP contribution < -0.4 is 11.0 Å². The number of carboxylic acids is 1. The Kier molecular flexibility index (Phi) is 8.86. The summed E-state index contributed by atoms with van der Waals surface area (Å²) >= 11 is 0. The van der Waals surface area contributed by atoms with Crippen LogP contribution in [0.2, 0.25) is 0 Å². The topological polar surface area (TPSA) is 123 Å². The third-order valence-electron chi connectivity index (χ3n) is 7.19. The number of fused-ring (bicyclic) bond motifs is 2. The van der Waals surface area contributed by atoms with E-state index in [0.29, 0.717) is 11.1 Å². The first kappa shape index (κ1) is 29.8. The second-order valence-corrected chi connectivity index (χ2v) is 10.4. The molecule has 0 aliphatic carbocycles. The van der Waals surface area contributed by atoms with Crippen LogP contribution in [0, 0.1) is 11.7 Å². The average Bonchev–Trinajstić information content (AvgIpc) is 3.48. The SMILES string of the molecule is CC(C)[C@@H](CN1CCC(n2c(=O)[nH]c3ccccc32)CC1)NC(=O)c1cc2cc(F)ccc2[nH]1.O=C(O)C(F)(F)F. The van der Waals surface area contributed by atoms with Crippen molar-refractivity contribution in [1.82, 2.24) is 24.8 Å². The summed E-state index contributed by atoms with van der Waals surface area (Å²) in [6, 6.07) is 14.1. The number of nitrogens with zero attached hydrogens (tertiary/aromatic N) is 2. The number of carbonyl (C=O) groups excluding carboxylic acids is 1. The molecular formula is C28H31F4N5O4. The van der Waals surface area contributed by atoms with Gasteiger partial charge in [-0.2, -0.15) is 13.2 Å². The standard InChI is InChI=1S/C26H30FN5O2.C2HF3O2/c1-16(2)23(29-25(33)22-14-17-13-18(27)7-8-20(17)28-22)15-31-11-9-19(10-12-31)32-24-6-4-3-5-21(24)30-26(32)34;3-2(4,5)1(6)7/h3-8,13-14,16,19,23,28H,9-12,15H2,1-2H3,(H,29,33)(H,30,34);(H,6,7)/t23-;/m1./s1. The molecule has 3 heterocycles. The van der Waals surface area contributed by atoms with Gasteiger partial charge in [-0.15, -0.1) is 0 Å². The van der Waals surface area contributed by atoms with E-state index in [9.17, 15) is 27.2 Å². The van der Waals surface area contributed by atoms with E-state index in [1.54, 1.807) is 12.1 Å². The lowest BCUT2D eigenvalue weighted by Gasteiger charge is -2.36. The van der Waals surface area contributed by atoms with E-state index in [2.05, 4.69) is 34.0 Å². The molecule has 13 heteroatoms. The van der Waals surface area contributed by atoms with Crippen LogP contribution in [0.25, 0.3) is 21.9 Å². The van der Waals surface area contributed by atoms with Crippen LogP contribution in [0.5, 0.6) is 0 Å². The molecule has 4 aromatic rings.